The van der Waals surface area contributed by atoms with Crippen molar-refractivity contribution in [2.75, 3.05) is 13.7 Å². The molecular weight excluding hydrogens is 292 g/mol. The summed E-state index contributed by atoms with van der Waals surface area (Å²) in [4.78, 5) is 8.44. The third-order valence-electron chi connectivity index (χ3n) is 3.51. The first-order chi connectivity index (χ1) is 10.0. The summed E-state index contributed by atoms with van der Waals surface area (Å²) in [6, 6.07) is 1.72. The minimum atomic E-state index is -1.16. The monoisotopic (exact) mass is 308 g/mol. The number of nitrogens with zero attached hydrogens (tertiary/aromatic N) is 2. The number of hydrogen-bond acceptors (Lipinski definition) is 5. The molecule has 1 aliphatic rings. The van der Waals surface area contributed by atoms with Crippen LogP contribution in [0.2, 0.25) is 5.15 Å². The van der Waals surface area contributed by atoms with E-state index in [4.69, 9.17) is 21.1 Å². The van der Waals surface area contributed by atoms with Crippen molar-refractivity contribution in [1.82, 2.24) is 9.97 Å². The highest BCUT2D eigenvalue weighted by Crippen LogP contribution is 2.35. The zero-order chi connectivity index (χ0) is 15.0. The molecule has 6 heteroatoms. The summed E-state index contributed by atoms with van der Waals surface area (Å²) < 4.78 is 10.9. The van der Waals surface area contributed by atoms with Crippen LogP contribution in [0.4, 0.5) is 0 Å². The van der Waals surface area contributed by atoms with Gasteiger partial charge in [0.15, 0.2) is 0 Å². The first kappa shape index (κ1) is 14.5. The first-order valence-corrected chi connectivity index (χ1v) is 7.22. The standard InChI is InChI=1S/C15H17ClN2O3/c1-15(19,8-20-2)12-7-18-14(21-9-3-4-9)11-6-17-13(16)5-10(11)12/h5-7,9,19H,3-4,8H2,1-2H3/t15-/m0/s1. The Bertz CT molecular complexity index is 671. The van der Waals surface area contributed by atoms with Crippen LogP contribution >= 0.6 is 11.6 Å². The van der Waals surface area contributed by atoms with Crippen molar-refractivity contribution in [3.05, 3.63) is 29.2 Å². The van der Waals surface area contributed by atoms with Crippen LogP contribution in [0.1, 0.15) is 25.3 Å². The highest BCUT2D eigenvalue weighted by molar-refractivity contribution is 6.30. The molecule has 1 atom stereocenters. The largest absolute Gasteiger partial charge is 0.474 e. The predicted molar refractivity (Wildman–Crippen MR) is 79.6 cm³/mol. The second-order valence-corrected chi connectivity index (χ2v) is 5.94. The van der Waals surface area contributed by atoms with E-state index in [1.54, 1.807) is 32.5 Å². The molecule has 21 heavy (non-hydrogen) atoms. The molecule has 0 amide bonds. The van der Waals surface area contributed by atoms with Gasteiger partial charge in [-0.15, -0.1) is 0 Å². The zero-order valence-corrected chi connectivity index (χ0v) is 12.7. The fourth-order valence-corrected chi connectivity index (χ4v) is 2.47. The lowest BCUT2D eigenvalue weighted by Gasteiger charge is -2.24. The molecule has 1 fully saturated rings. The van der Waals surface area contributed by atoms with Crippen LogP contribution in [0.15, 0.2) is 18.5 Å². The Balaban J connectivity index is 2.14. The van der Waals surface area contributed by atoms with Crippen LogP contribution in [0.3, 0.4) is 0 Å². The molecule has 0 bridgehead atoms. The maximum absolute atomic E-state index is 10.6. The van der Waals surface area contributed by atoms with Crippen LogP contribution in [0.5, 0.6) is 5.88 Å². The van der Waals surface area contributed by atoms with Crippen LogP contribution in [-0.4, -0.2) is 34.9 Å². The number of rotatable bonds is 5. The summed E-state index contributed by atoms with van der Waals surface area (Å²) in [6.07, 6.45) is 5.59. The molecule has 0 aromatic carbocycles. The number of aromatic nitrogens is 2. The molecule has 2 aromatic rings. The number of ether oxygens (including phenoxy) is 2. The molecule has 2 aromatic heterocycles. The summed E-state index contributed by atoms with van der Waals surface area (Å²) in [7, 11) is 1.54. The van der Waals surface area contributed by atoms with E-state index >= 15 is 0 Å². The van der Waals surface area contributed by atoms with E-state index in [1.165, 1.54) is 0 Å². The van der Waals surface area contributed by atoms with Crippen molar-refractivity contribution in [3.8, 4) is 5.88 Å². The van der Waals surface area contributed by atoms with E-state index in [2.05, 4.69) is 9.97 Å². The Hall–Kier alpha value is -1.43. The van der Waals surface area contributed by atoms with Gasteiger partial charge >= 0.3 is 0 Å². The van der Waals surface area contributed by atoms with Gasteiger partial charge in [0.1, 0.15) is 16.9 Å². The summed E-state index contributed by atoms with van der Waals surface area (Å²) in [5, 5.41) is 12.5. The number of methoxy groups -OCH3 is 1. The van der Waals surface area contributed by atoms with Gasteiger partial charge in [-0.2, -0.15) is 0 Å². The highest BCUT2D eigenvalue weighted by Gasteiger charge is 2.29. The van der Waals surface area contributed by atoms with E-state index in [0.717, 1.165) is 23.6 Å². The Morgan fingerprint density at radius 3 is 2.76 bits per heavy atom. The molecule has 0 unspecified atom stereocenters. The van der Waals surface area contributed by atoms with Crippen molar-refractivity contribution < 1.29 is 14.6 Å². The van der Waals surface area contributed by atoms with E-state index in [9.17, 15) is 5.11 Å². The molecule has 1 aliphatic carbocycles. The van der Waals surface area contributed by atoms with Crippen molar-refractivity contribution in [1.29, 1.82) is 0 Å². The number of pyridine rings is 2. The van der Waals surface area contributed by atoms with E-state index in [1.807, 2.05) is 0 Å². The third-order valence-corrected chi connectivity index (χ3v) is 3.72. The molecule has 2 heterocycles. The van der Waals surface area contributed by atoms with Crippen LogP contribution in [0, 0.1) is 0 Å². The van der Waals surface area contributed by atoms with E-state index in [0.29, 0.717) is 16.6 Å². The topological polar surface area (TPSA) is 64.5 Å². The van der Waals surface area contributed by atoms with Gasteiger partial charge in [-0.05, 0) is 31.2 Å². The minimum absolute atomic E-state index is 0.159. The second kappa shape index (κ2) is 5.40. The van der Waals surface area contributed by atoms with Gasteiger partial charge < -0.3 is 14.6 Å². The van der Waals surface area contributed by atoms with Crippen molar-refractivity contribution >= 4 is 22.4 Å². The van der Waals surface area contributed by atoms with Crippen LogP contribution in [0.25, 0.3) is 10.8 Å². The quantitative estimate of drug-likeness (QED) is 0.860. The SMILES string of the molecule is COC[C@](C)(O)c1cnc(OC2CC2)c2cnc(Cl)cc12. The second-order valence-electron chi connectivity index (χ2n) is 5.55. The minimum Gasteiger partial charge on any atom is -0.474 e. The number of fused-ring (bicyclic) bond motifs is 1. The summed E-state index contributed by atoms with van der Waals surface area (Å²) in [5.74, 6) is 0.536. The first-order valence-electron chi connectivity index (χ1n) is 6.84. The smallest absolute Gasteiger partial charge is 0.223 e. The van der Waals surface area contributed by atoms with Crippen molar-refractivity contribution in [3.63, 3.8) is 0 Å². The molecular formula is C15H17ClN2O3. The summed E-state index contributed by atoms with van der Waals surface area (Å²) >= 11 is 6.00. The maximum atomic E-state index is 10.6. The van der Waals surface area contributed by atoms with Gasteiger partial charge in [-0.1, -0.05) is 11.6 Å². The fraction of sp³-hybridized carbons (Fsp3) is 0.467. The lowest BCUT2D eigenvalue weighted by molar-refractivity contribution is -0.0199. The van der Waals surface area contributed by atoms with Crippen molar-refractivity contribution in [2.45, 2.75) is 31.5 Å². The lowest BCUT2D eigenvalue weighted by Crippen LogP contribution is -2.27. The third kappa shape index (κ3) is 2.95. The van der Waals surface area contributed by atoms with E-state index in [-0.39, 0.29) is 12.7 Å². The Morgan fingerprint density at radius 2 is 2.10 bits per heavy atom. The van der Waals surface area contributed by atoms with E-state index < -0.39 is 5.60 Å². The van der Waals surface area contributed by atoms with Gasteiger partial charge in [0, 0.05) is 25.1 Å². The van der Waals surface area contributed by atoms with Gasteiger partial charge in [-0.3, -0.25) is 0 Å². The molecule has 1 saturated carbocycles. The normalized spacial score (nSPS) is 17.7. The zero-order valence-electron chi connectivity index (χ0n) is 12.0. The van der Waals surface area contributed by atoms with Gasteiger partial charge in [0.05, 0.1) is 12.0 Å². The molecule has 0 spiro atoms. The molecule has 1 N–H and O–H groups in total. The molecule has 112 valence electrons. The maximum Gasteiger partial charge on any atom is 0.223 e. The number of aliphatic hydroxyl groups is 1. The molecule has 0 aliphatic heterocycles. The molecule has 0 saturated heterocycles. The van der Waals surface area contributed by atoms with Crippen LogP contribution in [-0.2, 0) is 10.3 Å². The Morgan fingerprint density at radius 1 is 1.33 bits per heavy atom. The summed E-state index contributed by atoms with van der Waals surface area (Å²) in [5.41, 5.74) is -0.519. The fourth-order valence-electron chi connectivity index (χ4n) is 2.31. The predicted octanol–water partition coefficient (Wildman–Crippen LogP) is 2.68. The summed E-state index contributed by atoms with van der Waals surface area (Å²) in [6.45, 7) is 1.84. The van der Waals surface area contributed by atoms with Gasteiger partial charge in [0.25, 0.3) is 0 Å². The van der Waals surface area contributed by atoms with Gasteiger partial charge in [0.2, 0.25) is 5.88 Å². The molecule has 3 rings (SSSR count). The Kier molecular flexibility index (Phi) is 3.73. The molecule has 5 nitrogen and oxygen atoms in total. The number of hydrogen-bond donors (Lipinski definition) is 1. The van der Waals surface area contributed by atoms with Crippen molar-refractivity contribution in [2.24, 2.45) is 0 Å². The van der Waals surface area contributed by atoms with Crippen LogP contribution < -0.4 is 4.74 Å². The average Bonchev–Trinajstić information content (AvgIpc) is 3.22. The molecule has 0 radical (unpaired) electrons. The highest BCUT2D eigenvalue weighted by atomic mass is 35.5. The van der Waals surface area contributed by atoms with Gasteiger partial charge in [-0.25, -0.2) is 9.97 Å². The average molecular weight is 309 g/mol. The lowest BCUT2D eigenvalue weighted by atomic mass is 9.94. The number of halogens is 1. The Labute approximate surface area is 127 Å².